The van der Waals surface area contributed by atoms with Crippen LogP contribution in [0.5, 0.6) is 0 Å². The van der Waals surface area contributed by atoms with Crippen LogP contribution in [0.15, 0.2) is 29.3 Å². The summed E-state index contributed by atoms with van der Waals surface area (Å²) in [5.74, 6) is 0.719. The van der Waals surface area contributed by atoms with Crippen molar-refractivity contribution in [1.29, 1.82) is 0 Å². The molecule has 0 spiro atoms. The molecule has 28 heavy (non-hydrogen) atoms. The minimum atomic E-state index is -0.484. The molecule has 1 unspecified atom stereocenters. The van der Waals surface area contributed by atoms with Gasteiger partial charge in [0.15, 0.2) is 5.96 Å². The maximum absolute atomic E-state index is 13.6. The second kappa shape index (κ2) is 6.94. The van der Waals surface area contributed by atoms with Crippen LogP contribution in [0.1, 0.15) is 39.2 Å². The Hall–Kier alpha value is -2.31. The quantitative estimate of drug-likeness (QED) is 0.865. The smallest absolute Gasteiger partial charge is 0.410 e. The molecular weight excluding hydrogens is 359 g/mol. The van der Waals surface area contributed by atoms with Gasteiger partial charge in [-0.3, -0.25) is 4.99 Å². The van der Waals surface area contributed by atoms with Crippen LogP contribution < -0.4 is 5.32 Å². The third-order valence-corrected chi connectivity index (χ3v) is 5.73. The van der Waals surface area contributed by atoms with Crippen molar-refractivity contribution >= 4 is 12.1 Å². The number of aliphatic imine (C=N–C) groups is 1. The average Bonchev–Trinajstić information content (AvgIpc) is 3.32. The van der Waals surface area contributed by atoms with Gasteiger partial charge in [-0.25, -0.2) is 9.18 Å². The number of benzene rings is 1. The fourth-order valence-corrected chi connectivity index (χ4v) is 4.01. The number of carbonyl (C=O) groups is 1. The van der Waals surface area contributed by atoms with E-state index >= 15 is 0 Å². The predicted octanol–water partition coefficient (Wildman–Crippen LogP) is 2.74. The molecule has 152 valence electrons. The van der Waals surface area contributed by atoms with Gasteiger partial charge < -0.3 is 19.9 Å². The number of amides is 1. The molecular formula is C21H29FN4O2. The SMILES string of the molecule is CC(C)(C)OC(=O)N1CCN2C(NCC3(c4cccc(F)c4)CC3)=NCC2C1. The number of rotatable bonds is 3. The summed E-state index contributed by atoms with van der Waals surface area (Å²) < 4.78 is 19.1. The van der Waals surface area contributed by atoms with E-state index in [-0.39, 0.29) is 23.4 Å². The lowest BCUT2D eigenvalue weighted by Gasteiger charge is -2.39. The summed E-state index contributed by atoms with van der Waals surface area (Å²) in [4.78, 5) is 21.0. The van der Waals surface area contributed by atoms with Crippen molar-refractivity contribution in [2.75, 3.05) is 32.7 Å². The lowest BCUT2D eigenvalue weighted by Crippen LogP contribution is -2.58. The van der Waals surface area contributed by atoms with Crippen molar-refractivity contribution in [2.45, 2.75) is 50.7 Å². The van der Waals surface area contributed by atoms with Crippen LogP contribution in [0.2, 0.25) is 0 Å². The van der Waals surface area contributed by atoms with E-state index in [0.29, 0.717) is 19.6 Å². The van der Waals surface area contributed by atoms with Gasteiger partial charge in [0.2, 0.25) is 0 Å². The molecule has 1 aliphatic carbocycles. The minimum absolute atomic E-state index is 0.0149. The molecule has 1 saturated heterocycles. The molecule has 1 aromatic carbocycles. The van der Waals surface area contributed by atoms with Crippen molar-refractivity contribution in [3.05, 3.63) is 35.6 Å². The van der Waals surface area contributed by atoms with Crippen molar-refractivity contribution < 1.29 is 13.9 Å². The first-order chi connectivity index (χ1) is 13.3. The molecule has 3 aliphatic rings. The van der Waals surface area contributed by atoms with Crippen molar-refractivity contribution in [3.8, 4) is 0 Å². The first-order valence-corrected chi connectivity index (χ1v) is 10.0. The Morgan fingerprint density at radius 2 is 2.14 bits per heavy atom. The van der Waals surface area contributed by atoms with Gasteiger partial charge in [0.1, 0.15) is 11.4 Å². The molecule has 0 aromatic heterocycles. The fraction of sp³-hybridized carbons (Fsp3) is 0.619. The van der Waals surface area contributed by atoms with E-state index in [0.717, 1.165) is 37.5 Å². The highest BCUT2D eigenvalue weighted by Gasteiger charge is 2.45. The molecule has 1 N–H and O–H groups in total. The standard InChI is InChI=1S/C21H29FN4O2/c1-20(2,3)28-19(27)25-9-10-26-17(13-25)12-23-18(26)24-14-21(7-8-21)15-5-4-6-16(22)11-15/h4-6,11,17H,7-10,12-14H2,1-3H3,(H,23,24). The summed E-state index contributed by atoms with van der Waals surface area (Å²) in [7, 11) is 0. The van der Waals surface area contributed by atoms with Crippen LogP contribution in [-0.2, 0) is 10.2 Å². The Bertz CT molecular complexity index is 785. The van der Waals surface area contributed by atoms with E-state index in [4.69, 9.17) is 4.74 Å². The molecule has 0 radical (unpaired) electrons. The first-order valence-electron chi connectivity index (χ1n) is 10.0. The second-order valence-corrected chi connectivity index (χ2v) is 9.08. The Morgan fingerprint density at radius 3 is 2.82 bits per heavy atom. The molecule has 7 heteroatoms. The molecule has 1 saturated carbocycles. The Kier molecular flexibility index (Phi) is 4.71. The van der Waals surface area contributed by atoms with Gasteiger partial charge in [0.05, 0.1) is 12.6 Å². The van der Waals surface area contributed by atoms with E-state index in [1.54, 1.807) is 17.0 Å². The van der Waals surface area contributed by atoms with Crippen LogP contribution in [0.4, 0.5) is 9.18 Å². The molecule has 2 fully saturated rings. The molecule has 1 aromatic rings. The molecule has 2 aliphatic heterocycles. The number of fused-ring (bicyclic) bond motifs is 1. The van der Waals surface area contributed by atoms with E-state index < -0.39 is 5.60 Å². The third-order valence-electron chi connectivity index (χ3n) is 5.73. The van der Waals surface area contributed by atoms with E-state index in [2.05, 4.69) is 15.2 Å². The highest BCUT2D eigenvalue weighted by atomic mass is 19.1. The molecule has 0 bridgehead atoms. The van der Waals surface area contributed by atoms with Crippen molar-refractivity contribution in [2.24, 2.45) is 4.99 Å². The maximum Gasteiger partial charge on any atom is 0.410 e. The lowest BCUT2D eigenvalue weighted by molar-refractivity contribution is 0.0137. The van der Waals surface area contributed by atoms with Gasteiger partial charge in [0.25, 0.3) is 0 Å². The first kappa shape index (κ1) is 19.0. The number of ether oxygens (including phenoxy) is 1. The number of hydrogen-bond acceptors (Lipinski definition) is 5. The number of guanidine groups is 1. The summed E-state index contributed by atoms with van der Waals surface area (Å²) in [6.07, 6.45) is 1.87. The van der Waals surface area contributed by atoms with E-state index in [1.807, 2.05) is 26.8 Å². The van der Waals surface area contributed by atoms with Crippen LogP contribution in [0.25, 0.3) is 0 Å². The van der Waals surface area contributed by atoms with Gasteiger partial charge in [-0.15, -0.1) is 0 Å². The van der Waals surface area contributed by atoms with E-state index in [9.17, 15) is 9.18 Å². The topological polar surface area (TPSA) is 57.2 Å². The van der Waals surface area contributed by atoms with Gasteiger partial charge in [-0.1, -0.05) is 12.1 Å². The van der Waals surface area contributed by atoms with Crippen LogP contribution in [-0.4, -0.2) is 66.2 Å². The van der Waals surface area contributed by atoms with Crippen molar-refractivity contribution in [3.63, 3.8) is 0 Å². The summed E-state index contributed by atoms with van der Waals surface area (Å²) in [5.41, 5.74) is 0.591. The molecule has 6 nitrogen and oxygen atoms in total. The average molecular weight is 388 g/mol. The summed E-state index contributed by atoms with van der Waals surface area (Å²) in [5, 5.41) is 3.50. The Morgan fingerprint density at radius 1 is 1.36 bits per heavy atom. The molecule has 2 heterocycles. The zero-order valence-electron chi connectivity index (χ0n) is 16.9. The second-order valence-electron chi connectivity index (χ2n) is 9.08. The van der Waals surface area contributed by atoms with Gasteiger partial charge in [-0.2, -0.15) is 0 Å². The highest BCUT2D eigenvalue weighted by molar-refractivity contribution is 5.82. The number of carbonyl (C=O) groups excluding carboxylic acids is 1. The number of hydrogen-bond donors (Lipinski definition) is 1. The fourth-order valence-electron chi connectivity index (χ4n) is 4.01. The number of nitrogens with one attached hydrogen (secondary N) is 1. The third kappa shape index (κ3) is 3.93. The van der Waals surface area contributed by atoms with Gasteiger partial charge in [-0.05, 0) is 51.3 Å². The zero-order chi connectivity index (χ0) is 19.9. The van der Waals surface area contributed by atoms with Gasteiger partial charge in [0, 0.05) is 31.6 Å². The Labute approximate surface area is 165 Å². The lowest BCUT2D eigenvalue weighted by atomic mass is 9.96. The monoisotopic (exact) mass is 388 g/mol. The number of nitrogens with zero attached hydrogens (tertiary/aromatic N) is 3. The summed E-state index contributed by atoms with van der Waals surface area (Å²) in [6, 6.07) is 7.12. The molecule has 1 atom stereocenters. The maximum atomic E-state index is 13.6. The van der Waals surface area contributed by atoms with Crippen LogP contribution in [0.3, 0.4) is 0 Å². The van der Waals surface area contributed by atoms with Crippen molar-refractivity contribution in [1.82, 2.24) is 15.1 Å². The normalized spacial score (nSPS) is 23.1. The highest BCUT2D eigenvalue weighted by Crippen LogP contribution is 2.47. The number of piperazine rings is 1. The predicted molar refractivity (Wildman–Crippen MR) is 106 cm³/mol. The largest absolute Gasteiger partial charge is 0.444 e. The summed E-state index contributed by atoms with van der Waals surface area (Å²) in [6.45, 7) is 9.07. The van der Waals surface area contributed by atoms with Gasteiger partial charge >= 0.3 is 6.09 Å². The molecule has 4 rings (SSSR count). The zero-order valence-corrected chi connectivity index (χ0v) is 16.9. The summed E-state index contributed by atoms with van der Waals surface area (Å²) >= 11 is 0. The number of halogens is 1. The Balaban J connectivity index is 1.32. The van der Waals surface area contributed by atoms with E-state index in [1.165, 1.54) is 6.07 Å². The minimum Gasteiger partial charge on any atom is -0.444 e. The molecule has 1 amide bonds. The van der Waals surface area contributed by atoms with Crippen LogP contribution >= 0.6 is 0 Å². The van der Waals surface area contributed by atoms with Crippen LogP contribution in [0, 0.1) is 5.82 Å².